The number of hydrogen-bond acceptors (Lipinski definition) is 7. The van der Waals surface area contributed by atoms with Crippen molar-refractivity contribution in [2.75, 3.05) is 38.0 Å². The zero-order valence-corrected chi connectivity index (χ0v) is 24.7. The number of carbonyl (C=O) groups excluding carboxylic acids is 2. The van der Waals surface area contributed by atoms with E-state index in [1.807, 2.05) is 20.8 Å². The first-order chi connectivity index (χ1) is 18.1. The van der Waals surface area contributed by atoms with Crippen LogP contribution in [0.2, 0.25) is 0 Å². The molecule has 0 aliphatic carbocycles. The van der Waals surface area contributed by atoms with Crippen molar-refractivity contribution < 1.29 is 14.0 Å². The number of aldehydes is 1. The summed E-state index contributed by atoms with van der Waals surface area (Å²) in [6, 6.07) is 1.75. The first kappa shape index (κ1) is 34.6. The van der Waals surface area contributed by atoms with Crippen LogP contribution < -0.4 is 5.32 Å². The molecule has 0 radical (unpaired) electrons. The first-order valence-electron chi connectivity index (χ1n) is 12.1. The monoisotopic (exact) mass is 558 g/mol. The van der Waals surface area contributed by atoms with Crippen LogP contribution in [0.3, 0.4) is 0 Å². The number of hydrogen-bond donors (Lipinski definition) is 2. The molecule has 0 bridgehead atoms. The molecule has 2 heterocycles. The van der Waals surface area contributed by atoms with Gasteiger partial charge in [-0.3, -0.25) is 9.59 Å². The quantitative estimate of drug-likeness (QED) is 0.151. The Bertz CT molecular complexity index is 1100. The van der Waals surface area contributed by atoms with E-state index in [-0.39, 0.29) is 11.7 Å². The second-order valence-corrected chi connectivity index (χ2v) is 9.26. The van der Waals surface area contributed by atoms with Gasteiger partial charge in [-0.1, -0.05) is 37.0 Å². The number of piperazine rings is 1. The van der Waals surface area contributed by atoms with Gasteiger partial charge in [-0.25, -0.2) is 4.39 Å². The summed E-state index contributed by atoms with van der Waals surface area (Å²) in [5.74, 6) is -0.273. The predicted octanol–water partition coefficient (Wildman–Crippen LogP) is 6.78. The Morgan fingerprint density at radius 3 is 2.21 bits per heavy atom. The molecule has 1 aliphatic heterocycles. The molecule has 0 spiro atoms. The maximum absolute atomic E-state index is 12.4. The third-order valence-electron chi connectivity index (χ3n) is 5.11. The number of halogens is 1. The molecule has 0 aromatic carbocycles. The van der Waals surface area contributed by atoms with Gasteiger partial charge in [0.15, 0.2) is 0 Å². The summed E-state index contributed by atoms with van der Waals surface area (Å²) in [7, 11) is 0. The Morgan fingerprint density at radius 2 is 1.74 bits per heavy atom. The number of carbonyl (C=O) groups is 2. The highest BCUT2D eigenvalue weighted by Crippen LogP contribution is 2.33. The molecule has 1 amide bonds. The SMILES string of the molecule is C=C/C(C)=C\C=C(/C)F.C=C/C=C(\S)C(=O)N1CCN(/C(=C(\C)C=O)c2cscc2NCC)CC1.CC#N. The topological polar surface area (TPSA) is 76.4 Å². The standard InChI is InChI=1S/C19H25N3O2S2.C8H11F.C2H3N/c1-4-6-17(25)19(24)22-9-7-21(8-10-22)18(14(3)11-23)15-12-26-13-16(15)20-5-2;1-4-7(2)5-6-8(3)9;1-2-3/h4,6,11-13,20,25H,1,5,7-10H2,2-3H3;4-6H,1H2,2-3H3;1H3/b17-6-,18-14+;7-5-,8-6+;. The lowest BCUT2D eigenvalue weighted by molar-refractivity contribution is -0.127. The number of allylic oxidation sites excluding steroid dienone is 8. The molecule has 1 saturated heterocycles. The van der Waals surface area contributed by atoms with Gasteiger partial charge in [-0.2, -0.15) is 5.26 Å². The number of rotatable bonds is 9. The summed E-state index contributed by atoms with van der Waals surface area (Å²) in [5, 5.41) is 14.8. The van der Waals surface area contributed by atoms with Crippen LogP contribution >= 0.6 is 24.0 Å². The fourth-order valence-corrected chi connectivity index (χ4v) is 4.32. The number of thiol groups is 1. The van der Waals surface area contributed by atoms with Gasteiger partial charge in [0.2, 0.25) is 0 Å². The van der Waals surface area contributed by atoms with Crippen LogP contribution in [0.1, 0.15) is 40.2 Å². The number of thiophene rings is 1. The highest BCUT2D eigenvalue weighted by molar-refractivity contribution is 7.85. The smallest absolute Gasteiger partial charge is 0.260 e. The molecule has 6 nitrogen and oxygen atoms in total. The molecule has 206 valence electrons. The second-order valence-electron chi connectivity index (χ2n) is 8.04. The van der Waals surface area contributed by atoms with Gasteiger partial charge in [0.05, 0.1) is 28.2 Å². The Labute approximate surface area is 236 Å². The van der Waals surface area contributed by atoms with E-state index in [2.05, 4.69) is 46.8 Å². The van der Waals surface area contributed by atoms with Crippen LogP contribution in [0.25, 0.3) is 5.70 Å². The lowest BCUT2D eigenvalue weighted by Gasteiger charge is -2.38. The van der Waals surface area contributed by atoms with Crippen LogP contribution in [0, 0.1) is 11.3 Å². The molecule has 38 heavy (non-hydrogen) atoms. The van der Waals surface area contributed by atoms with Gasteiger partial charge in [-0.05, 0) is 39.8 Å². The molecule has 0 unspecified atom stereocenters. The first-order valence-corrected chi connectivity index (χ1v) is 13.5. The Hall–Kier alpha value is -3.35. The highest BCUT2D eigenvalue weighted by Gasteiger charge is 2.26. The third-order valence-corrected chi connectivity index (χ3v) is 6.19. The fraction of sp³-hybridized carbons (Fsp3) is 0.345. The minimum absolute atomic E-state index is 0.0885. The molecule has 1 aromatic heterocycles. The molecular weight excluding hydrogens is 519 g/mol. The van der Waals surface area contributed by atoms with Gasteiger partial charge in [0.25, 0.3) is 5.91 Å². The van der Waals surface area contributed by atoms with Gasteiger partial charge >= 0.3 is 0 Å². The fourth-order valence-electron chi connectivity index (χ4n) is 3.29. The van der Waals surface area contributed by atoms with Crippen LogP contribution in [0.4, 0.5) is 10.1 Å². The molecule has 1 aliphatic rings. The van der Waals surface area contributed by atoms with E-state index in [0.717, 1.165) is 35.4 Å². The van der Waals surface area contributed by atoms with E-state index >= 15 is 0 Å². The Balaban J connectivity index is 0.000000956. The molecule has 2 rings (SSSR count). The summed E-state index contributed by atoms with van der Waals surface area (Å²) >= 11 is 5.84. The van der Waals surface area contributed by atoms with Crippen LogP contribution in [0.5, 0.6) is 0 Å². The minimum atomic E-state index is -0.184. The Kier molecular flexibility index (Phi) is 18.0. The molecule has 0 atom stereocenters. The largest absolute Gasteiger partial charge is 0.384 e. The summed E-state index contributed by atoms with van der Waals surface area (Å²) in [6.45, 7) is 19.0. The van der Waals surface area contributed by atoms with Crippen LogP contribution in [0.15, 0.2) is 76.2 Å². The zero-order chi connectivity index (χ0) is 29.1. The summed E-state index contributed by atoms with van der Waals surface area (Å²) in [5.41, 5.74) is 4.69. The molecule has 1 fully saturated rings. The van der Waals surface area contributed by atoms with Crippen molar-refractivity contribution in [3.8, 4) is 6.07 Å². The lowest BCUT2D eigenvalue weighted by atomic mass is 10.1. The molecule has 1 N–H and O–H groups in total. The third kappa shape index (κ3) is 12.3. The maximum Gasteiger partial charge on any atom is 0.260 e. The number of nitrogens with one attached hydrogen (secondary N) is 1. The van der Waals surface area contributed by atoms with Crippen LogP contribution in [-0.4, -0.2) is 54.7 Å². The zero-order valence-electron chi connectivity index (χ0n) is 23.0. The van der Waals surface area contributed by atoms with Crippen molar-refractivity contribution in [3.05, 3.63) is 81.7 Å². The van der Waals surface area contributed by atoms with Gasteiger partial charge in [0, 0.05) is 61.5 Å². The van der Waals surface area contributed by atoms with E-state index in [9.17, 15) is 14.0 Å². The molecule has 0 saturated carbocycles. The predicted molar refractivity (Wildman–Crippen MR) is 163 cm³/mol. The number of amides is 1. The van der Waals surface area contributed by atoms with Crippen molar-refractivity contribution in [3.63, 3.8) is 0 Å². The van der Waals surface area contributed by atoms with Gasteiger partial charge in [-0.15, -0.1) is 24.0 Å². The molecule has 9 heteroatoms. The average molecular weight is 559 g/mol. The van der Waals surface area contributed by atoms with Gasteiger partial charge in [0.1, 0.15) is 6.29 Å². The summed E-state index contributed by atoms with van der Waals surface area (Å²) in [6.07, 6.45) is 8.84. The lowest BCUT2D eigenvalue weighted by Crippen LogP contribution is -2.48. The number of anilines is 1. The summed E-state index contributed by atoms with van der Waals surface area (Å²) in [4.78, 5) is 28.2. The van der Waals surface area contributed by atoms with Crippen molar-refractivity contribution >= 4 is 47.5 Å². The van der Waals surface area contributed by atoms with E-state index in [1.165, 1.54) is 19.9 Å². The van der Waals surface area contributed by atoms with Crippen molar-refractivity contribution in [2.24, 2.45) is 0 Å². The highest BCUT2D eigenvalue weighted by atomic mass is 32.1. The van der Waals surface area contributed by atoms with Crippen molar-refractivity contribution in [1.82, 2.24) is 9.80 Å². The normalized spacial score (nSPS) is 14.5. The molecule has 1 aromatic rings. The number of nitriles is 1. The van der Waals surface area contributed by atoms with E-state index in [4.69, 9.17) is 5.26 Å². The van der Waals surface area contributed by atoms with E-state index in [1.54, 1.807) is 46.6 Å². The molecular formula is C29H39FN4O2S2. The van der Waals surface area contributed by atoms with E-state index < -0.39 is 0 Å². The van der Waals surface area contributed by atoms with E-state index in [0.29, 0.717) is 36.7 Å². The number of nitrogens with zero attached hydrogens (tertiary/aromatic N) is 3. The van der Waals surface area contributed by atoms with Crippen molar-refractivity contribution in [1.29, 1.82) is 5.26 Å². The minimum Gasteiger partial charge on any atom is -0.384 e. The van der Waals surface area contributed by atoms with Gasteiger partial charge < -0.3 is 15.1 Å². The summed E-state index contributed by atoms with van der Waals surface area (Å²) < 4.78 is 12.0. The van der Waals surface area contributed by atoms with Crippen molar-refractivity contribution in [2.45, 2.75) is 34.6 Å². The average Bonchev–Trinajstić information content (AvgIpc) is 3.36. The second kappa shape index (κ2) is 19.7. The maximum atomic E-state index is 12.4. The Morgan fingerprint density at radius 1 is 1.16 bits per heavy atom. The van der Waals surface area contributed by atoms with Crippen LogP contribution in [-0.2, 0) is 9.59 Å².